The molecule has 2 heterocycles. The number of ether oxygens (including phenoxy) is 4. The van der Waals surface area contributed by atoms with Gasteiger partial charge in [-0.1, -0.05) is 0 Å². The van der Waals surface area contributed by atoms with E-state index in [1.165, 1.54) is 0 Å². The molecule has 2 aromatic heterocycles. The maximum Gasteiger partial charge on any atom is 0.318 e. The van der Waals surface area contributed by atoms with Crippen LogP contribution in [-0.4, -0.2) is 47.4 Å². The normalized spacial score (nSPS) is 11.1. The van der Waals surface area contributed by atoms with Crippen LogP contribution in [0, 0.1) is 6.92 Å². The molecule has 0 saturated carbocycles. The minimum atomic E-state index is -4.82. The summed E-state index contributed by atoms with van der Waals surface area (Å²) in [5.74, 6) is 1.77. The zero-order valence-corrected chi connectivity index (χ0v) is 20.9. The van der Waals surface area contributed by atoms with Crippen LogP contribution in [0.5, 0.6) is 23.0 Å². The zero-order valence-electron chi connectivity index (χ0n) is 20.1. The minimum Gasteiger partial charge on any atom is -0.716 e. The molecule has 0 spiro atoms. The summed E-state index contributed by atoms with van der Waals surface area (Å²) in [6, 6.07) is 12.3. The highest BCUT2D eigenvalue weighted by molar-refractivity contribution is 7.81. The van der Waals surface area contributed by atoms with Crippen molar-refractivity contribution in [3.63, 3.8) is 0 Å². The summed E-state index contributed by atoms with van der Waals surface area (Å²) in [6.45, 7) is 2.93. The third kappa shape index (κ3) is 5.31. The fourth-order valence-electron chi connectivity index (χ4n) is 3.89. The summed E-state index contributed by atoms with van der Waals surface area (Å²) >= 11 is 0. The van der Waals surface area contributed by atoms with Gasteiger partial charge in [-0.2, -0.15) is 4.40 Å². The first-order chi connectivity index (χ1) is 16.5. The van der Waals surface area contributed by atoms with E-state index in [-0.39, 0.29) is 0 Å². The first-order valence-corrected chi connectivity index (χ1v) is 11.6. The second-order valence-electron chi connectivity index (χ2n) is 7.34. The summed E-state index contributed by atoms with van der Waals surface area (Å²) < 4.78 is 55.7. The quantitative estimate of drug-likeness (QED) is 0.133. The van der Waals surface area contributed by atoms with Gasteiger partial charge in [-0.3, -0.25) is 4.79 Å². The number of pyridine rings is 2. The number of aryl methyl sites for hydroxylation is 1. The van der Waals surface area contributed by atoms with Gasteiger partial charge in [0.05, 0.1) is 39.2 Å². The maximum absolute atomic E-state index is 9.66. The van der Waals surface area contributed by atoms with Crippen LogP contribution < -0.4 is 23.3 Å². The van der Waals surface area contributed by atoms with Crippen LogP contribution in [0.3, 0.4) is 0 Å². The van der Waals surface area contributed by atoms with Gasteiger partial charge in [-0.25, -0.2) is 8.42 Å². The van der Waals surface area contributed by atoms with Gasteiger partial charge in [0.1, 0.15) is 0 Å². The number of carbonyl (C=O) groups is 1. The summed E-state index contributed by atoms with van der Waals surface area (Å²) in [6.07, 6.45) is 2.06. The fourth-order valence-corrected chi connectivity index (χ4v) is 4.17. The molecule has 0 fully saturated rings. The molecule has 0 radical (unpaired) electrons. The van der Waals surface area contributed by atoms with Crippen LogP contribution in [0.4, 0.5) is 0 Å². The Hall–Kier alpha value is -3.83. The average Bonchev–Trinajstić information content (AvgIpc) is 2.81. The lowest BCUT2D eigenvalue weighted by Gasteiger charge is -2.12. The van der Waals surface area contributed by atoms with Crippen molar-refractivity contribution in [2.75, 3.05) is 28.4 Å². The Morgan fingerprint density at radius 2 is 1.46 bits per heavy atom. The molecule has 0 aliphatic rings. The van der Waals surface area contributed by atoms with Crippen LogP contribution in [0.1, 0.15) is 12.6 Å². The van der Waals surface area contributed by atoms with Crippen molar-refractivity contribution in [3.05, 3.63) is 48.3 Å². The number of methoxy groups -OCH3 is 4. The molecule has 4 rings (SSSR count). The van der Waals surface area contributed by atoms with E-state index >= 15 is 0 Å². The van der Waals surface area contributed by atoms with Crippen LogP contribution >= 0.6 is 0 Å². The highest BCUT2D eigenvalue weighted by Crippen LogP contribution is 2.38. The van der Waals surface area contributed by atoms with E-state index in [1.807, 2.05) is 18.2 Å². The molecule has 35 heavy (non-hydrogen) atoms. The summed E-state index contributed by atoms with van der Waals surface area (Å²) in [4.78, 5) is 9.66. The Kier molecular flexibility index (Phi) is 7.51. The van der Waals surface area contributed by atoms with Crippen molar-refractivity contribution in [1.82, 2.24) is 0 Å². The molecule has 10 nitrogen and oxygen atoms in total. The summed E-state index contributed by atoms with van der Waals surface area (Å²) in [7, 11) is 1.80. The molecule has 0 atom stereocenters. The highest BCUT2D eigenvalue weighted by Gasteiger charge is 2.20. The largest absolute Gasteiger partial charge is 0.716 e. The second kappa shape index (κ2) is 10.2. The molecule has 2 aromatic carbocycles. The first kappa shape index (κ1) is 25.8. The van der Waals surface area contributed by atoms with Crippen molar-refractivity contribution in [1.29, 1.82) is 0 Å². The molecule has 11 heteroatoms. The van der Waals surface area contributed by atoms with Gasteiger partial charge in [-0.15, -0.1) is 0 Å². The third-order valence-corrected chi connectivity index (χ3v) is 5.77. The molecule has 0 unspecified atom stereocenters. The van der Waals surface area contributed by atoms with Crippen molar-refractivity contribution in [2.45, 2.75) is 13.8 Å². The van der Waals surface area contributed by atoms with Crippen molar-refractivity contribution < 1.29 is 45.3 Å². The summed E-state index contributed by atoms with van der Waals surface area (Å²) in [5, 5.41) is 4.31. The standard InChI is InChI=1S/C22H22NO4.C2H4O5S/c1-13-17-12-21(26-4)20(25-3)11-14(17)10-18-15-6-7-19(24-2)22(27-5)16(15)8-9-23(13)18;1-2(3)7-8(4,5)6/h6-12H,1-5H3;1H3,(H,4,5,6)/q+1;/p-1. The number of benzene rings is 2. The zero-order chi connectivity index (χ0) is 25.9. The lowest BCUT2D eigenvalue weighted by molar-refractivity contribution is -0.516. The number of carbonyl (C=O) groups excluding carboxylic acids is 1. The molecular weight excluding hydrogens is 478 g/mol. The molecular formula is C24H25NO9S. The van der Waals surface area contributed by atoms with E-state index in [0.717, 1.165) is 56.9 Å². The van der Waals surface area contributed by atoms with Gasteiger partial charge >= 0.3 is 5.97 Å². The number of hydrogen-bond acceptors (Lipinski definition) is 9. The number of nitrogens with zero attached hydrogens (tertiary/aromatic N) is 1. The number of hydrogen-bond donors (Lipinski definition) is 0. The lowest BCUT2D eigenvalue weighted by Crippen LogP contribution is -2.25. The average molecular weight is 504 g/mol. The monoisotopic (exact) mass is 503 g/mol. The van der Waals surface area contributed by atoms with E-state index in [1.54, 1.807) is 28.4 Å². The molecule has 0 bridgehead atoms. The van der Waals surface area contributed by atoms with E-state index in [0.29, 0.717) is 5.75 Å². The predicted molar refractivity (Wildman–Crippen MR) is 127 cm³/mol. The third-order valence-electron chi connectivity index (χ3n) is 5.33. The second-order valence-corrected chi connectivity index (χ2v) is 8.32. The van der Waals surface area contributed by atoms with Crippen LogP contribution in [-0.2, 0) is 19.4 Å². The van der Waals surface area contributed by atoms with E-state index in [2.05, 4.69) is 39.9 Å². The number of fused-ring (bicyclic) bond motifs is 4. The van der Waals surface area contributed by atoms with Gasteiger partial charge < -0.3 is 27.7 Å². The van der Waals surface area contributed by atoms with Crippen molar-refractivity contribution >= 4 is 43.4 Å². The van der Waals surface area contributed by atoms with Gasteiger partial charge in [0.15, 0.2) is 34.9 Å². The van der Waals surface area contributed by atoms with Gasteiger partial charge in [0.2, 0.25) is 5.52 Å². The predicted octanol–water partition coefficient (Wildman–Crippen LogP) is 3.08. The fraction of sp³-hybridized carbons (Fsp3) is 0.250. The number of rotatable bonds is 5. The van der Waals surface area contributed by atoms with Crippen LogP contribution in [0.2, 0.25) is 0 Å². The molecule has 186 valence electrons. The molecule has 4 aromatic rings. The first-order valence-electron chi connectivity index (χ1n) is 10.2. The minimum absolute atomic E-state index is 0.716. The Morgan fingerprint density at radius 1 is 0.829 bits per heavy atom. The molecule has 0 N–H and O–H groups in total. The summed E-state index contributed by atoms with van der Waals surface area (Å²) in [5.41, 5.74) is 2.21. The lowest BCUT2D eigenvalue weighted by atomic mass is 10.0. The van der Waals surface area contributed by atoms with Gasteiger partial charge in [-0.05, 0) is 29.7 Å². The topological polar surface area (TPSA) is 125 Å². The SMILES string of the molecule is CC(=O)OS(=O)(=O)[O-].COc1cc2cc3c4ccc(OC)c(OC)c4cc[n+]3c(C)c2cc1OC. The van der Waals surface area contributed by atoms with Gasteiger partial charge in [0, 0.05) is 31.4 Å². The molecule has 0 saturated heterocycles. The Labute approximate surface area is 202 Å². The van der Waals surface area contributed by atoms with E-state index in [4.69, 9.17) is 18.9 Å². The smallest absolute Gasteiger partial charge is 0.318 e. The van der Waals surface area contributed by atoms with E-state index < -0.39 is 16.4 Å². The van der Waals surface area contributed by atoms with Crippen molar-refractivity contribution in [3.8, 4) is 23.0 Å². The van der Waals surface area contributed by atoms with Gasteiger partial charge in [0.25, 0.3) is 10.4 Å². The Balaban J connectivity index is 0.000000371. The highest BCUT2D eigenvalue weighted by atomic mass is 32.3. The Morgan fingerprint density at radius 3 is 1.97 bits per heavy atom. The van der Waals surface area contributed by atoms with Crippen LogP contribution in [0.15, 0.2) is 42.6 Å². The van der Waals surface area contributed by atoms with Crippen LogP contribution in [0.25, 0.3) is 27.1 Å². The molecule has 0 amide bonds. The Bertz CT molecular complexity index is 1530. The molecule has 0 aliphatic carbocycles. The number of aromatic nitrogens is 1. The molecule has 0 aliphatic heterocycles. The van der Waals surface area contributed by atoms with E-state index in [9.17, 15) is 17.8 Å². The van der Waals surface area contributed by atoms with Crippen molar-refractivity contribution in [2.24, 2.45) is 0 Å². The maximum atomic E-state index is 9.66.